The van der Waals surface area contributed by atoms with Gasteiger partial charge >= 0.3 is 12.1 Å². The third-order valence-electron chi connectivity index (χ3n) is 7.25. The molecule has 1 aromatic carbocycles. The fourth-order valence-corrected chi connectivity index (χ4v) is 6.42. The first-order valence-electron chi connectivity index (χ1n) is 10.9. The van der Waals surface area contributed by atoms with Gasteiger partial charge in [-0.15, -0.1) is 0 Å². The summed E-state index contributed by atoms with van der Waals surface area (Å²) in [4.78, 5) is 19.0. The van der Waals surface area contributed by atoms with E-state index in [1.54, 1.807) is 6.07 Å². The van der Waals surface area contributed by atoms with Gasteiger partial charge in [-0.3, -0.25) is 0 Å². The molecule has 2 aromatic rings. The van der Waals surface area contributed by atoms with Gasteiger partial charge < -0.3 is 15.7 Å². The number of carboxylic acids is 1. The highest BCUT2D eigenvalue weighted by molar-refractivity contribution is 5.91. The summed E-state index contributed by atoms with van der Waals surface area (Å²) in [6.45, 7) is 0. The third kappa shape index (κ3) is 4.00. The first kappa shape index (κ1) is 21.0. The van der Waals surface area contributed by atoms with E-state index >= 15 is 0 Å². The third-order valence-corrected chi connectivity index (χ3v) is 7.25. The minimum atomic E-state index is -4.62. The number of anilines is 2. The Morgan fingerprint density at radius 1 is 1.03 bits per heavy atom. The molecule has 3 N–H and O–H groups in total. The van der Waals surface area contributed by atoms with Crippen LogP contribution in [-0.4, -0.2) is 32.8 Å². The molecular weight excluding hydrogens is 421 g/mol. The van der Waals surface area contributed by atoms with Crippen LogP contribution < -0.4 is 10.6 Å². The molecule has 6 nitrogen and oxygen atoms in total. The Bertz CT molecular complexity index is 977. The van der Waals surface area contributed by atoms with Crippen LogP contribution in [0, 0.1) is 17.8 Å². The van der Waals surface area contributed by atoms with E-state index in [-0.39, 0.29) is 22.4 Å². The predicted octanol–water partition coefficient (Wildman–Crippen LogP) is 5.27. The maximum Gasteiger partial charge on any atom is 0.412 e. The van der Waals surface area contributed by atoms with Crippen molar-refractivity contribution in [3.63, 3.8) is 0 Å². The van der Waals surface area contributed by atoms with E-state index in [1.165, 1.54) is 37.7 Å². The van der Waals surface area contributed by atoms with Crippen LogP contribution in [0.1, 0.15) is 60.5 Å². The average molecular weight is 446 g/mol. The molecule has 4 fully saturated rings. The lowest BCUT2D eigenvalue weighted by Crippen LogP contribution is -2.54. The van der Waals surface area contributed by atoms with Crippen LogP contribution in [0.5, 0.6) is 0 Å². The van der Waals surface area contributed by atoms with E-state index in [0.29, 0.717) is 23.4 Å². The minimum Gasteiger partial charge on any atom is -0.478 e. The van der Waals surface area contributed by atoms with Crippen molar-refractivity contribution < 1.29 is 23.1 Å². The van der Waals surface area contributed by atoms with Crippen LogP contribution in [0.15, 0.2) is 36.9 Å². The minimum absolute atomic E-state index is 0.0752. The Hall–Kier alpha value is -2.84. The fourth-order valence-electron chi connectivity index (χ4n) is 6.42. The van der Waals surface area contributed by atoms with Crippen LogP contribution in [0.4, 0.5) is 24.5 Å². The van der Waals surface area contributed by atoms with Gasteiger partial charge in [0.15, 0.2) is 6.04 Å². The first-order chi connectivity index (χ1) is 15.2. The summed E-state index contributed by atoms with van der Waals surface area (Å²) in [6.07, 6.45) is 5.54. The van der Waals surface area contributed by atoms with Crippen molar-refractivity contribution in [2.45, 2.75) is 56.3 Å². The van der Waals surface area contributed by atoms with Gasteiger partial charge in [0.2, 0.25) is 0 Å². The molecule has 4 saturated carbocycles. The van der Waals surface area contributed by atoms with E-state index in [4.69, 9.17) is 0 Å². The molecule has 170 valence electrons. The summed E-state index contributed by atoms with van der Waals surface area (Å²) in [5, 5.41) is 15.5. The molecule has 0 amide bonds. The number of hydrogen-bond acceptors (Lipinski definition) is 5. The molecule has 1 aromatic heterocycles. The fraction of sp³-hybridized carbons (Fsp3) is 0.522. The van der Waals surface area contributed by atoms with Gasteiger partial charge in [0, 0.05) is 23.5 Å². The molecule has 0 aliphatic heterocycles. The molecule has 0 unspecified atom stereocenters. The molecule has 1 heterocycles. The number of nitrogens with one attached hydrogen (secondary N) is 2. The number of rotatable bonds is 6. The Morgan fingerprint density at radius 3 is 2.16 bits per heavy atom. The zero-order valence-corrected chi connectivity index (χ0v) is 17.4. The number of aromatic carboxylic acids is 1. The van der Waals surface area contributed by atoms with Gasteiger partial charge in [-0.1, -0.05) is 0 Å². The van der Waals surface area contributed by atoms with E-state index in [9.17, 15) is 23.1 Å². The Labute approximate surface area is 183 Å². The zero-order valence-electron chi connectivity index (χ0n) is 17.4. The number of aromatic nitrogens is 2. The van der Waals surface area contributed by atoms with E-state index in [2.05, 4.69) is 20.6 Å². The molecule has 4 aliphatic rings. The highest BCUT2D eigenvalue weighted by Crippen LogP contribution is 2.57. The van der Waals surface area contributed by atoms with Crippen LogP contribution >= 0.6 is 0 Å². The molecular formula is C23H25F3N4O2. The molecule has 9 heteroatoms. The van der Waals surface area contributed by atoms with Crippen molar-refractivity contribution in [2.24, 2.45) is 17.8 Å². The average Bonchev–Trinajstić information content (AvgIpc) is 2.71. The Kier molecular flexibility index (Phi) is 5.02. The lowest BCUT2D eigenvalue weighted by Gasteiger charge is -2.57. The Balaban J connectivity index is 1.49. The van der Waals surface area contributed by atoms with Crippen molar-refractivity contribution in [3.8, 4) is 0 Å². The number of alkyl halides is 3. The number of halogens is 3. The van der Waals surface area contributed by atoms with Gasteiger partial charge in [-0.25, -0.2) is 14.8 Å². The van der Waals surface area contributed by atoms with E-state index in [1.807, 2.05) is 0 Å². The summed E-state index contributed by atoms with van der Waals surface area (Å²) in [6, 6.07) is 2.22. The van der Waals surface area contributed by atoms with E-state index in [0.717, 1.165) is 31.7 Å². The molecule has 0 radical (unpaired) electrons. The zero-order chi connectivity index (χ0) is 22.5. The normalized spacial score (nSPS) is 29.5. The van der Waals surface area contributed by atoms with Crippen molar-refractivity contribution >= 4 is 17.3 Å². The van der Waals surface area contributed by atoms with Crippen LogP contribution in [0.25, 0.3) is 0 Å². The highest BCUT2D eigenvalue weighted by atomic mass is 19.4. The summed E-state index contributed by atoms with van der Waals surface area (Å²) in [7, 11) is 0. The smallest absolute Gasteiger partial charge is 0.412 e. The standard InChI is InChI=1S/C23H25F3N4O2/c24-23(25,26)20(17-10-27-12-28-11-17)29-19-6-16(21(31)32)1-2-18(19)30-22-7-13-3-14(8-22)5-15(4-13)9-22/h1-2,6,10-15,20,29-30H,3-5,7-9H2,(H,31,32)/t13?,14?,15?,20-,22?/m1/s1. The highest BCUT2D eigenvalue weighted by Gasteiger charge is 2.51. The summed E-state index contributed by atoms with van der Waals surface area (Å²) in [5.74, 6) is 0.787. The van der Waals surface area contributed by atoms with Crippen LogP contribution in [0.2, 0.25) is 0 Å². The lowest BCUT2D eigenvalue weighted by atomic mass is 9.53. The lowest BCUT2D eigenvalue weighted by molar-refractivity contribution is -0.144. The van der Waals surface area contributed by atoms with Gasteiger partial charge in [-0.05, 0) is 74.5 Å². The molecule has 0 saturated heterocycles. The number of benzene rings is 1. The second-order valence-corrected chi connectivity index (χ2v) is 9.68. The van der Waals surface area contributed by atoms with Crippen molar-refractivity contribution in [1.82, 2.24) is 9.97 Å². The molecule has 1 atom stereocenters. The van der Waals surface area contributed by atoms with Gasteiger partial charge in [0.25, 0.3) is 0 Å². The van der Waals surface area contributed by atoms with E-state index < -0.39 is 18.2 Å². The monoisotopic (exact) mass is 446 g/mol. The number of carbonyl (C=O) groups is 1. The molecule has 0 spiro atoms. The predicted molar refractivity (Wildman–Crippen MR) is 112 cm³/mol. The Morgan fingerprint density at radius 2 is 1.62 bits per heavy atom. The maximum atomic E-state index is 13.9. The number of carboxylic acid groups (broad SMARTS) is 1. The van der Waals surface area contributed by atoms with Crippen molar-refractivity contribution in [3.05, 3.63) is 48.0 Å². The van der Waals surface area contributed by atoms with Gasteiger partial charge in [-0.2, -0.15) is 13.2 Å². The summed E-state index contributed by atoms with van der Waals surface area (Å²) in [5.41, 5.74) is 0.268. The quantitative estimate of drug-likeness (QED) is 0.560. The second-order valence-electron chi connectivity index (χ2n) is 9.68. The first-order valence-corrected chi connectivity index (χ1v) is 10.9. The van der Waals surface area contributed by atoms with Crippen LogP contribution in [0.3, 0.4) is 0 Å². The number of nitrogens with zero attached hydrogens (tertiary/aromatic N) is 2. The molecule has 32 heavy (non-hydrogen) atoms. The molecule has 6 rings (SSSR count). The van der Waals surface area contributed by atoms with Crippen molar-refractivity contribution in [2.75, 3.05) is 10.6 Å². The summed E-state index contributed by atoms with van der Waals surface area (Å²) >= 11 is 0. The second kappa shape index (κ2) is 7.64. The summed E-state index contributed by atoms with van der Waals surface area (Å²) < 4.78 is 41.8. The van der Waals surface area contributed by atoms with Crippen molar-refractivity contribution in [1.29, 1.82) is 0 Å². The SMILES string of the molecule is O=C(O)c1ccc(NC23CC4CC(CC(C4)C2)C3)c(N[C@H](c2cncnc2)C(F)(F)F)c1. The molecule has 4 bridgehead atoms. The maximum absolute atomic E-state index is 13.9. The van der Waals surface area contributed by atoms with Gasteiger partial charge in [0.05, 0.1) is 16.9 Å². The molecule has 4 aliphatic carbocycles. The van der Waals surface area contributed by atoms with Gasteiger partial charge in [0.1, 0.15) is 6.33 Å². The van der Waals surface area contributed by atoms with Crippen LogP contribution in [-0.2, 0) is 0 Å². The topological polar surface area (TPSA) is 87.1 Å². The largest absolute Gasteiger partial charge is 0.478 e. The number of hydrogen-bond donors (Lipinski definition) is 3.